The first-order valence-electron chi connectivity index (χ1n) is 9.54. The molecule has 1 atom stereocenters. The van der Waals surface area contributed by atoms with Gasteiger partial charge in [0, 0.05) is 12.6 Å². The average Bonchev–Trinajstić information content (AvgIpc) is 2.73. The smallest absolute Gasteiger partial charge is 0.161 e. The highest BCUT2D eigenvalue weighted by Crippen LogP contribution is 2.41. The fraction of sp³-hybridized carbons (Fsp3) is 0.391. The molecule has 0 radical (unpaired) electrons. The van der Waals surface area contributed by atoms with Crippen molar-refractivity contribution in [1.82, 2.24) is 4.90 Å². The molecule has 136 valence electrons. The molecule has 1 unspecified atom stereocenters. The fourth-order valence-electron chi connectivity index (χ4n) is 4.38. The topological polar surface area (TPSA) is 21.7 Å². The minimum absolute atomic E-state index is 0.666. The Hall–Kier alpha value is -2.26. The van der Waals surface area contributed by atoms with E-state index in [0.717, 1.165) is 24.5 Å². The van der Waals surface area contributed by atoms with Crippen molar-refractivity contribution in [2.75, 3.05) is 27.3 Å². The summed E-state index contributed by atoms with van der Waals surface area (Å²) in [6.45, 7) is 2.26. The molecular formula is C23H27NO2. The lowest BCUT2D eigenvalue weighted by atomic mass is 9.83. The maximum Gasteiger partial charge on any atom is 0.161 e. The summed E-state index contributed by atoms with van der Waals surface area (Å²) in [7, 11) is 3.39. The first-order valence-corrected chi connectivity index (χ1v) is 9.54. The molecule has 2 aromatic carbocycles. The predicted octanol–water partition coefficient (Wildman–Crippen LogP) is 4.87. The summed E-state index contributed by atoms with van der Waals surface area (Å²) < 4.78 is 11.0. The van der Waals surface area contributed by atoms with Gasteiger partial charge in [-0.1, -0.05) is 42.8 Å². The van der Waals surface area contributed by atoms with Gasteiger partial charge in [0.1, 0.15) is 0 Å². The number of fused-ring (bicyclic) bond motifs is 1. The van der Waals surface area contributed by atoms with E-state index in [0.29, 0.717) is 6.04 Å². The lowest BCUT2D eigenvalue weighted by molar-refractivity contribution is 0.165. The molecule has 4 rings (SSSR count). The number of ether oxygens (including phenoxy) is 2. The summed E-state index contributed by atoms with van der Waals surface area (Å²) in [4.78, 5) is 2.68. The second kappa shape index (κ2) is 7.55. The highest BCUT2D eigenvalue weighted by molar-refractivity contribution is 5.93. The molecular weight excluding hydrogens is 322 g/mol. The van der Waals surface area contributed by atoms with Crippen LogP contribution in [-0.2, 0) is 0 Å². The molecule has 2 aliphatic heterocycles. The highest BCUT2D eigenvalue weighted by Gasteiger charge is 2.31. The Labute approximate surface area is 156 Å². The molecule has 3 heteroatoms. The van der Waals surface area contributed by atoms with Gasteiger partial charge >= 0.3 is 0 Å². The van der Waals surface area contributed by atoms with Crippen molar-refractivity contribution in [3.63, 3.8) is 0 Å². The number of hydrogen-bond donors (Lipinski definition) is 0. The van der Waals surface area contributed by atoms with Gasteiger partial charge < -0.3 is 9.47 Å². The second-order valence-corrected chi connectivity index (χ2v) is 7.22. The number of nitrogens with zero attached hydrogens (tertiary/aromatic N) is 1. The molecule has 26 heavy (non-hydrogen) atoms. The molecule has 0 amide bonds. The molecule has 0 bridgehead atoms. The minimum Gasteiger partial charge on any atom is -0.493 e. The van der Waals surface area contributed by atoms with Gasteiger partial charge in [0.2, 0.25) is 0 Å². The normalized spacial score (nSPS) is 20.6. The third-order valence-corrected chi connectivity index (χ3v) is 5.77. The van der Waals surface area contributed by atoms with Gasteiger partial charge in [-0.25, -0.2) is 0 Å². The molecule has 0 aromatic heterocycles. The molecule has 2 heterocycles. The molecule has 0 N–H and O–H groups in total. The third kappa shape index (κ3) is 3.24. The van der Waals surface area contributed by atoms with Gasteiger partial charge in [-0.15, -0.1) is 0 Å². The Morgan fingerprint density at radius 2 is 1.65 bits per heavy atom. The predicted molar refractivity (Wildman–Crippen MR) is 107 cm³/mol. The Morgan fingerprint density at radius 1 is 0.846 bits per heavy atom. The summed E-state index contributed by atoms with van der Waals surface area (Å²) in [5, 5.41) is 0. The quantitative estimate of drug-likeness (QED) is 0.786. The molecule has 1 fully saturated rings. The van der Waals surface area contributed by atoms with E-state index in [4.69, 9.17) is 9.47 Å². The van der Waals surface area contributed by atoms with Crippen molar-refractivity contribution < 1.29 is 9.47 Å². The number of benzene rings is 2. The van der Waals surface area contributed by atoms with Gasteiger partial charge in [-0.05, 0) is 60.2 Å². The fourth-order valence-corrected chi connectivity index (χ4v) is 4.38. The van der Waals surface area contributed by atoms with Crippen LogP contribution >= 0.6 is 0 Å². The van der Waals surface area contributed by atoms with Crippen LogP contribution in [0.25, 0.3) is 11.1 Å². The lowest BCUT2D eigenvalue weighted by Gasteiger charge is -2.41. The van der Waals surface area contributed by atoms with Gasteiger partial charge in [0.05, 0.1) is 14.2 Å². The molecule has 0 aliphatic carbocycles. The Bertz CT molecular complexity index is 797. The monoisotopic (exact) mass is 349 g/mol. The van der Waals surface area contributed by atoms with Crippen molar-refractivity contribution in [3.05, 3.63) is 59.7 Å². The number of rotatable bonds is 4. The van der Waals surface area contributed by atoms with E-state index in [2.05, 4.69) is 47.4 Å². The highest BCUT2D eigenvalue weighted by atomic mass is 16.5. The van der Waals surface area contributed by atoms with Gasteiger partial charge in [0.25, 0.3) is 0 Å². The Balaban J connectivity index is 1.81. The van der Waals surface area contributed by atoms with Crippen LogP contribution in [0.1, 0.15) is 36.8 Å². The van der Waals surface area contributed by atoms with Crippen molar-refractivity contribution in [2.24, 2.45) is 0 Å². The summed E-state index contributed by atoms with van der Waals surface area (Å²) in [5.74, 6) is 1.59. The first kappa shape index (κ1) is 17.2. The van der Waals surface area contributed by atoms with Crippen molar-refractivity contribution >= 4 is 11.1 Å². The summed E-state index contributed by atoms with van der Waals surface area (Å²) in [6, 6.07) is 17.8. The van der Waals surface area contributed by atoms with Crippen LogP contribution in [0.15, 0.2) is 48.5 Å². The number of piperidine rings is 1. The second-order valence-electron chi connectivity index (χ2n) is 7.22. The lowest BCUT2D eigenvalue weighted by Crippen LogP contribution is -2.43. The minimum atomic E-state index is 0.666. The van der Waals surface area contributed by atoms with Gasteiger partial charge in [-0.2, -0.15) is 0 Å². The van der Waals surface area contributed by atoms with Crippen LogP contribution in [0, 0.1) is 0 Å². The van der Waals surface area contributed by atoms with Crippen LogP contribution in [0.5, 0.6) is 11.5 Å². The summed E-state index contributed by atoms with van der Waals surface area (Å²) in [6.07, 6.45) is 5.09. The maximum atomic E-state index is 5.56. The molecule has 3 nitrogen and oxygen atoms in total. The van der Waals surface area contributed by atoms with Crippen molar-refractivity contribution in [3.8, 4) is 11.5 Å². The van der Waals surface area contributed by atoms with E-state index in [1.54, 1.807) is 14.2 Å². The largest absolute Gasteiger partial charge is 0.493 e. The first-order chi connectivity index (χ1) is 12.8. The molecule has 1 saturated heterocycles. The van der Waals surface area contributed by atoms with Crippen LogP contribution in [0.3, 0.4) is 0 Å². The van der Waals surface area contributed by atoms with Gasteiger partial charge in [0.15, 0.2) is 11.5 Å². The van der Waals surface area contributed by atoms with E-state index in [-0.39, 0.29) is 0 Å². The SMILES string of the molecule is COc1ccc(C2=C(c3ccccc3)CN3CCCCC3C2)cc1OC. The maximum absolute atomic E-state index is 5.56. The molecule has 0 saturated carbocycles. The van der Waals surface area contributed by atoms with Gasteiger partial charge in [-0.3, -0.25) is 4.90 Å². The van der Waals surface area contributed by atoms with Crippen LogP contribution in [0.4, 0.5) is 0 Å². The van der Waals surface area contributed by atoms with E-state index in [9.17, 15) is 0 Å². The zero-order valence-electron chi connectivity index (χ0n) is 15.7. The van der Waals surface area contributed by atoms with E-state index in [1.807, 2.05) is 6.07 Å². The molecule has 0 spiro atoms. The summed E-state index contributed by atoms with van der Waals surface area (Å²) >= 11 is 0. The zero-order valence-corrected chi connectivity index (χ0v) is 15.7. The summed E-state index contributed by atoms with van der Waals surface area (Å²) in [5.41, 5.74) is 5.50. The average molecular weight is 349 g/mol. The third-order valence-electron chi connectivity index (χ3n) is 5.77. The Morgan fingerprint density at radius 3 is 2.42 bits per heavy atom. The molecule has 2 aliphatic rings. The van der Waals surface area contributed by atoms with Crippen LogP contribution in [0.2, 0.25) is 0 Å². The van der Waals surface area contributed by atoms with E-state index >= 15 is 0 Å². The standard InChI is InChI=1S/C23H27NO2/c1-25-22-12-11-18(14-23(22)26-2)20-15-19-10-6-7-13-24(19)16-21(20)17-8-4-3-5-9-17/h3-5,8-9,11-12,14,19H,6-7,10,13,15-16H2,1-2H3. The number of hydrogen-bond acceptors (Lipinski definition) is 3. The Kier molecular flexibility index (Phi) is 4.98. The number of methoxy groups -OCH3 is 2. The molecule has 2 aromatic rings. The van der Waals surface area contributed by atoms with Crippen LogP contribution < -0.4 is 9.47 Å². The van der Waals surface area contributed by atoms with E-state index in [1.165, 1.54) is 48.1 Å². The zero-order chi connectivity index (χ0) is 17.9. The van der Waals surface area contributed by atoms with E-state index < -0.39 is 0 Å². The van der Waals surface area contributed by atoms with Crippen molar-refractivity contribution in [2.45, 2.75) is 31.7 Å². The van der Waals surface area contributed by atoms with Crippen LogP contribution in [-0.4, -0.2) is 38.3 Å². The van der Waals surface area contributed by atoms with Crippen molar-refractivity contribution in [1.29, 1.82) is 0 Å².